The van der Waals surface area contributed by atoms with Crippen molar-refractivity contribution in [2.75, 3.05) is 26.2 Å². The Morgan fingerprint density at radius 2 is 2.00 bits per heavy atom. The second kappa shape index (κ2) is 8.64. The molecule has 4 nitrogen and oxygen atoms in total. The Balaban J connectivity index is 2.21. The van der Waals surface area contributed by atoms with Crippen molar-refractivity contribution in [1.82, 2.24) is 15.2 Å². The van der Waals surface area contributed by atoms with Gasteiger partial charge in [-0.25, -0.2) is 4.98 Å². The minimum atomic E-state index is -0.0773. The normalized spacial score (nSPS) is 10.7. The summed E-state index contributed by atoms with van der Waals surface area (Å²) in [5.41, 5.74) is 1.37. The van der Waals surface area contributed by atoms with Crippen molar-refractivity contribution in [1.29, 1.82) is 0 Å². The number of carbonyl (C=O) groups excluding carboxylic acids is 1. The lowest BCUT2D eigenvalue weighted by Gasteiger charge is -2.17. The van der Waals surface area contributed by atoms with E-state index in [9.17, 15) is 4.79 Å². The van der Waals surface area contributed by atoms with Gasteiger partial charge in [0.1, 0.15) is 5.69 Å². The molecule has 0 saturated heterocycles. The minimum Gasteiger partial charge on any atom is -0.351 e. The Morgan fingerprint density at radius 1 is 1.26 bits per heavy atom. The average Bonchev–Trinajstić information content (AvgIpc) is 2.42. The van der Waals surface area contributed by atoms with Crippen molar-refractivity contribution in [3.63, 3.8) is 0 Å². The SMILES string of the molecule is CCN(CC)CCCCNC(=O)c1cccc(C)n1. The number of carbonyl (C=O) groups is 1. The monoisotopic (exact) mass is 263 g/mol. The van der Waals surface area contributed by atoms with Gasteiger partial charge in [-0.3, -0.25) is 4.79 Å². The predicted molar refractivity (Wildman–Crippen MR) is 78.3 cm³/mol. The molecule has 19 heavy (non-hydrogen) atoms. The van der Waals surface area contributed by atoms with E-state index in [1.165, 1.54) is 0 Å². The van der Waals surface area contributed by atoms with E-state index in [4.69, 9.17) is 0 Å². The van der Waals surface area contributed by atoms with E-state index in [2.05, 4.69) is 29.0 Å². The summed E-state index contributed by atoms with van der Waals surface area (Å²) in [6.45, 7) is 10.2. The van der Waals surface area contributed by atoms with E-state index in [0.717, 1.165) is 44.7 Å². The van der Waals surface area contributed by atoms with Crippen molar-refractivity contribution < 1.29 is 4.79 Å². The van der Waals surface area contributed by atoms with Gasteiger partial charge in [-0.1, -0.05) is 19.9 Å². The molecule has 0 aromatic carbocycles. The van der Waals surface area contributed by atoms with E-state index in [1.807, 2.05) is 19.1 Å². The van der Waals surface area contributed by atoms with Crippen LogP contribution < -0.4 is 5.32 Å². The standard InChI is InChI=1S/C15H25N3O/c1-4-18(5-2)12-7-6-11-16-15(19)14-10-8-9-13(3)17-14/h8-10H,4-7,11-12H2,1-3H3,(H,16,19). The number of hydrogen-bond donors (Lipinski definition) is 1. The number of aryl methyl sites for hydroxylation is 1. The van der Waals surface area contributed by atoms with Crippen LogP contribution in [0.2, 0.25) is 0 Å². The molecule has 0 unspecified atom stereocenters. The van der Waals surface area contributed by atoms with E-state index in [1.54, 1.807) is 6.07 Å². The molecule has 1 aromatic rings. The average molecular weight is 263 g/mol. The van der Waals surface area contributed by atoms with Gasteiger partial charge >= 0.3 is 0 Å². The van der Waals surface area contributed by atoms with Crippen LogP contribution in [0.15, 0.2) is 18.2 Å². The van der Waals surface area contributed by atoms with E-state index in [-0.39, 0.29) is 5.91 Å². The zero-order valence-electron chi connectivity index (χ0n) is 12.3. The number of amides is 1. The van der Waals surface area contributed by atoms with Crippen molar-refractivity contribution in [2.24, 2.45) is 0 Å². The summed E-state index contributed by atoms with van der Waals surface area (Å²) in [7, 11) is 0. The highest BCUT2D eigenvalue weighted by molar-refractivity contribution is 5.92. The second-order valence-corrected chi connectivity index (χ2v) is 4.65. The molecule has 1 N–H and O–H groups in total. The molecule has 106 valence electrons. The molecule has 0 aliphatic carbocycles. The molecule has 0 aliphatic rings. The molecule has 0 bridgehead atoms. The number of pyridine rings is 1. The molecule has 0 fully saturated rings. The van der Waals surface area contributed by atoms with Crippen molar-refractivity contribution in [2.45, 2.75) is 33.6 Å². The number of aromatic nitrogens is 1. The summed E-state index contributed by atoms with van der Waals surface area (Å²) >= 11 is 0. The first kappa shape index (κ1) is 15.6. The Labute approximate surface area is 116 Å². The molecule has 0 saturated carbocycles. The van der Waals surface area contributed by atoms with Crippen LogP contribution in [0.5, 0.6) is 0 Å². The zero-order valence-corrected chi connectivity index (χ0v) is 12.3. The van der Waals surface area contributed by atoms with Crippen LogP contribution in [-0.4, -0.2) is 42.0 Å². The van der Waals surface area contributed by atoms with Crippen LogP contribution in [0.3, 0.4) is 0 Å². The number of hydrogen-bond acceptors (Lipinski definition) is 3. The van der Waals surface area contributed by atoms with Crippen molar-refractivity contribution in [3.05, 3.63) is 29.6 Å². The van der Waals surface area contributed by atoms with Gasteiger partial charge in [-0.2, -0.15) is 0 Å². The molecule has 4 heteroatoms. The lowest BCUT2D eigenvalue weighted by atomic mass is 10.2. The lowest BCUT2D eigenvalue weighted by molar-refractivity contribution is 0.0947. The topological polar surface area (TPSA) is 45.2 Å². The molecule has 0 aliphatic heterocycles. The quantitative estimate of drug-likeness (QED) is 0.732. The summed E-state index contributed by atoms with van der Waals surface area (Å²) in [6.07, 6.45) is 2.12. The first-order valence-corrected chi connectivity index (χ1v) is 7.11. The summed E-state index contributed by atoms with van der Waals surface area (Å²) in [5, 5.41) is 2.92. The maximum atomic E-state index is 11.8. The van der Waals surface area contributed by atoms with E-state index in [0.29, 0.717) is 5.69 Å². The first-order valence-electron chi connectivity index (χ1n) is 7.11. The highest BCUT2D eigenvalue weighted by Gasteiger charge is 2.06. The highest BCUT2D eigenvalue weighted by atomic mass is 16.1. The third-order valence-electron chi connectivity index (χ3n) is 3.20. The molecule has 1 rings (SSSR count). The van der Waals surface area contributed by atoms with Crippen molar-refractivity contribution >= 4 is 5.91 Å². The summed E-state index contributed by atoms with van der Waals surface area (Å²) in [6, 6.07) is 5.50. The van der Waals surface area contributed by atoms with Gasteiger partial charge in [0.2, 0.25) is 0 Å². The molecular weight excluding hydrogens is 238 g/mol. The number of nitrogens with zero attached hydrogens (tertiary/aromatic N) is 2. The Hall–Kier alpha value is -1.42. The molecular formula is C15H25N3O. The van der Waals surface area contributed by atoms with Crippen LogP contribution in [0, 0.1) is 6.92 Å². The van der Waals surface area contributed by atoms with Crippen LogP contribution in [0.1, 0.15) is 42.9 Å². The van der Waals surface area contributed by atoms with Gasteiger partial charge in [-0.15, -0.1) is 0 Å². The highest BCUT2D eigenvalue weighted by Crippen LogP contribution is 1.98. The fourth-order valence-electron chi connectivity index (χ4n) is 1.96. The third-order valence-corrected chi connectivity index (χ3v) is 3.20. The van der Waals surface area contributed by atoms with Crippen LogP contribution >= 0.6 is 0 Å². The molecule has 0 atom stereocenters. The van der Waals surface area contributed by atoms with Gasteiger partial charge in [0.15, 0.2) is 0 Å². The molecule has 1 amide bonds. The van der Waals surface area contributed by atoms with Gasteiger partial charge in [0.25, 0.3) is 5.91 Å². The molecule has 1 aromatic heterocycles. The summed E-state index contributed by atoms with van der Waals surface area (Å²) in [4.78, 5) is 18.4. The van der Waals surface area contributed by atoms with Crippen LogP contribution in [-0.2, 0) is 0 Å². The summed E-state index contributed by atoms with van der Waals surface area (Å²) < 4.78 is 0. The Kier molecular flexibility index (Phi) is 7.11. The Morgan fingerprint density at radius 3 is 2.63 bits per heavy atom. The fourth-order valence-corrected chi connectivity index (χ4v) is 1.96. The van der Waals surface area contributed by atoms with Crippen molar-refractivity contribution in [3.8, 4) is 0 Å². The maximum Gasteiger partial charge on any atom is 0.269 e. The van der Waals surface area contributed by atoms with Crippen LogP contribution in [0.25, 0.3) is 0 Å². The zero-order chi connectivity index (χ0) is 14.1. The number of unbranched alkanes of at least 4 members (excludes halogenated alkanes) is 1. The molecule has 1 heterocycles. The fraction of sp³-hybridized carbons (Fsp3) is 0.600. The van der Waals surface area contributed by atoms with Gasteiger partial charge in [0, 0.05) is 12.2 Å². The summed E-state index contributed by atoms with van der Waals surface area (Å²) in [5.74, 6) is -0.0773. The van der Waals surface area contributed by atoms with Gasteiger partial charge < -0.3 is 10.2 Å². The van der Waals surface area contributed by atoms with E-state index >= 15 is 0 Å². The molecule has 0 radical (unpaired) electrons. The third kappa shape index (κ3) is 5.83. The lowest BCUT2D eigenvalue weighted by Crippen LogP contribution is -2.27. The number of nitrogens with one attached hydrogen (secondary N) is 1. The maximum absolute atomic E-state index is 11.8. The van der Waals surface area contributed by atoms with Gasteiger partial charge in [-0.05, 0) is 51.5 Å². The second-order valence-electron chi connectivity index (χ2n) is 4.65. The minimum absolute atomic E-state index is 0.0773. The first-order chi connectivity index (χ1) is 9.17. The van der Waals surface area contributed by atoms with Gasteiger partial charge in [0.05, 0.1) is 0 Å². The smallest absolute Gasteiger partial charge is 0.269 e. The van der Waals surface area contributed by atoms with E-state index < -0.39 is 0 Å². The molecule has 0 spiro atoms. The predicted octanol–water partition coefficient (Wildman–Crippen LogP) is 2.24. The number of rotatable bonds is 8. The largest absolute Gasteiger partial charge is 0.351 e. The Bertz CT molecular complexity index is 389. The van der Waals surface area contributed by atoms with Crippen LogP contribution in [0.4, 0.5) is 0 Å².